The van der Waals surface area contributed by atoms with E-state index in [-0.39, 0.29) is 32.5 Å². The minimum Gasteiger partial charge on any atom is -0.312 e. The summed E-state index contributed by atoms with van der Waals surface area (Å²) >= 11 is 0. The molecule has 0 spiro atoms. The molecule has 0 aliphatic heterocycles. The van der Waals surface area contributed by atoms with Crippen molar-refractivity contribution >= 4 is 8.60 Å². The quantitative estimate of drug-likeness (QED) is 0.169. The first-order chi connectivity index (χ1) is 18.9. The van der Waals surface area contributed by atoms with E-state index in [0.717, 1.165) is 19.3 Å². The van der Waals surface area contributed by atoms with Crippen molar-refractivity contribution in [1.29, 1.82) is 0 Å². The topological polar surface area (TPSA) is 27.7 Å². The van der Waals surface area contributed by atoms with E-state index in [9.17, 15) is 0 Å². The molecule has 0 aromatic heterocycles. The molecule has 3 nitrogen and oxygen atoms in total. The molecule has 260 valence electrons. The van der Waals surface area contributed by atoms with Crippen LogP contribution in [0, 0.1) is 68.0 Å². The summed E-state index contributed by atoms with van der Waals surface area (Å²) in [6, 6.07) is 0. The molecule has 0 radical (unpaired) electrons. The fraction of sp³-hybridized carbons (Fsp3) is 1.00. The van der Waals surface area contributed by atoms with Crippen LogP contribution >= 0.6 is 8.60 Å². The maximum absolute atomic E-state index is 6.74. The second-order valence-electron chi connectivity index (χ2n) is 20.8. The zero-order valence-electron chi connectivity index (χ0n) is 33.4. The lowest BCUT2D eigenvalue weighted by Crippen LogP contribution is -2.32. The van der Waals surface area contributed by atoms with Gasteiger partial charge in [-0.3, -0.25) is 0 Å². The highest BCUT2D eigenvalue weighted by Crippen LogP contribution is 2.48. The van der Waals surface area contributed by atoms with Crippen molar-refractivity contribution in [3.05, 3.63) is 0 Å². The Labute approximate surface area is 274 Å². The predicted octanol–water partition coefficient (Wildman–Crippen LogP) is 13.5. The first-order valence-electron chi connectivity index (χ1n) is 17.6. The van der Waals surface area contributed by atoms with Crippen LogP contribution in [-0.4, -0.2) is 19.8 Å². The van der Waals surface area contributed by atoms with Gasteiger partial charge in [-0.15, -0.1) is 0 Å². The van der Waals surface area contributed by atoms with Crippen molar-refractivity contribution in [2.75, 3.05) is 19.8 Å². The van der Waals surface area contributed by atoms with Gasteiger partial charge in [0.15, 0.2) is 0 Å². The molecule has 0 heterocycles. The molecule has 6 unspecified atom stereocenters. The molecule has 0 saturated heterocycles. The molecule has 0 N–H and O–H groups in total. The maximum atomic E-state index is 6.74. The van der Waals surface area contributed by atoms with Crippen molar-refractivity contribution in [2.45, 2.75) is 165 Å². The van der Waals surface area contributed by atoms with Gasteiger partial charge in [0, 0.05) is 0 Å². The third kappa shape index (κ3) is 17.2. The summed E-state index contributed by atoms with van der Waals surface area (Å²) in [5, 5.41) is 0. The second-order valence-corrected chi connectivity index (χ2v) is 22.0. The van der Waals surface area contributed by atoms with Gasteiger partial charge in [-0.1, -0.05) is 145 Å². The van der Waals surface area contributed by atoms with Crippen LogP contribution in [0.15, 0.2) is 0 Å². The first kappa shape index (κ1) is 43.3. The van der Waals surface area contributed by atoms with E-state index >= 15 is 0 Å². The smallest absolute Gasteiger partial charge is 0.312 e. The summed E-state index contributed by atoms with van der Waals surface area (Å²) < 4.78 is 20.2. The van der Waals surface area contributed by atoms with Gasteiger partial charge in [-0.2, -0.15) is 0 Å². The lowest BCUT2D eigenvalue weighted by Gasteiger charge is -2.39. The van der Waals surface area contributed by atoms with Crippen LogP contribution in [0.5, 0.6) is 0 Å². The zero-order chi connectivity index (χ0) is 34.4. The molecule has 0 bridgehead atoms. The monoisotopic (exact) mass is 629 g/mol. The van der Waals surface area contributed by atoms with E-state index in [1.54, 1.807) is 0 Å². The van der Waals surface area contributed by atoms with Gasteiger partial charge in [-0.25, -0.2) is 0 Å². The second kappa shape index (κ2) is 16.4. The summed E-state index contributed by atoms with van der Waals surface area (Å²) in [5.74, 6) is 3.08. The predicted molar refractivity (Wildman–Crippen MR) is 193 cm³/mol. The Morgan fingerprint density at radius 1 is 0.349 bits per heavy atom. The fourth-order valence-corrected chi connectivity index (χ4v) is 6.05. The summed E-state index contributed by atoms with van der Waals surface area (Å²) in [6.07, 6.45) is 3.41. The Hall–Kier alpha value is 0.310. The Morgan fingerprint density at radius 3 is 0.674 bits per heavy atom. The largest absolute Gasteiger partial charge is 0.332 e. The molecule has 6 atom stereocenters. The van der Waals surface area contributed by atoms with Crippen LogP contribution in [0.1, 0.15) is 165 Å². The van der Waals surface area contributed by atoms with E-state index in [0.29, 0.717) is 55.3 Å². The SMILES string of the molecule is CC(CC(COP(OCC(CC(C)C(C)(C)C)C(C)(C)C)OCC(CC(C)C(C)(C)C)C(C)(C)C)C(C)(C)C)C(C)(C)C. The van der Waals surface area contributed by atoms with Crippen LogP contribution in [0.3, 0.4) is 0 Å². The molecular weight excluding hydrogens is 547 g/mol. The van der Waals surface area contributed by atoms with Gasteiger partial charge in [0.2, 0.25) is 0 Å². The zero-order valence-corrected chi connectivity index (χ0v) is 34.3. The van der Waals surface area contributed by atoms with Crippen LogP contribution in [-0.2, 0) is 13.6 Å². The molecule has 0 aliphatic rings. The maximum Gasteiger partial charge on any atom is 0.332 e. The van der Waals surface area contributed by atoms with Gasteiger partial charge < -0.3 is 13.6 Å². The standard InChI is InChI=1S/C39H81O3P/c1-28(34(4,5)6)22-31(37(13,14)15)25-40-43(41-26-32(38(16,17)18)23-29(2)35(7,8)9)42-27-33(39(19,20)21)24-30(3)36(10,11)12/h28-33H,22-27H2,1-21H3. The highest BCUT2D eigenvalue weighted by molar-refractivity contribution is 7.41. The van der Waals surface area contributed by atoms with Crippen molar-refractivity contribution in [3.63, 3.8) is 0 Å². The van der Waals surface area contributed by atoms with E-state index in [2.05, 4.69) is 145 Å². The van der Waals surface area contributed by atoms with Crippen molar-refractivity contribution in [1.82, 2.24) is 0 Å². The third-order valence-corrected chi connectivity index (χ3v) is 12.2. The summed E-state index contributed by atoms with van der Waals surface area (Å²) in [6.45, 7) is 51.6. The molecule has 0 rings (SSSR count). The van der Waals surface area contributed by atoms with E-state index in [4.69, 9.17) is 13.6 Å². The van der Waals surface area contributed by atoms with Crippen LogP contribution in [0.25, 0.3) is 0 Å². The van der Waals surface area contributed by atoms with Crippen molar-refractivity contribution in [2.24, 2.45) is 68.0 Å². The number of rotatable bonds is 15. The molecule has 0 saturated carbocycles. The minimum atomic E-state index is -1.46. The Kier molecular flexibility index (Phi) is 16.5. The average molecular weight is 629 g/mol. The third-order valence-electron chi connectivity index (χ3n) is 11.2. The van der Waals surface area contributed by atoms with Crippen molar-refractivity contribution in [3.8, 4) is 0 Å². The average Bonchev–Trinajstić information content (AvgIpc) is 2.75. The summed E-state index contributed by atoms with van der Waals surface area (Å²) in [7, 11) is -1.46. The summed E-state index contributed by atoms with van der Waals surface area (Å²) in [5.41, 5.74) is 1.25. The molecule has 0 amide bonds. The Balaban J connectivity index is 6.08. The highest BCUT2D eigenvalue weighted by atomic mass is 31.2. The van der Waals surface area contributed by atoms with Crippen LogP contribution in [0.4, 0.5) is 0 Å². The normalized spacial score (nSPS) is 19.5. The highest BCUT2D eigenvalue weighted by Gasteiger charge is 2.36. The van der Waals surface area contributed by atoms with Crippen LogP contribution < -0.4 is 0 Å². The van der Waals surface area contributed by atoms with Gasteiger partial charge in [0.1, 0.15) is 0 Å². The Morgan fingerprint density at radius 2 is 0.535 bits per heavy atom. The van der Waals surface area contributed by atoms with Crippen LogP contribution in [0.2, 0.25) is 0 Å². The molecule has 4 heteroatoms. The van der Waals surface area contributed by atoms with Gasteiger partial charge in [-0.05, 0) is 87.3 Å². The molecule has 0 aromatic rings. The molecule has 0 fully saturated rings. The number of hydrogen-bond acceptors (Lipinski definition) is 3. The van der Waals surface area contributed by atoms with Gasteiger partial charge in [0.25, 0.3) is 0 Å². The van der Waals surface area contributed by atoms with E-state index in [1.165, 1.54) is 0 Å². The molecular formula is C39H81O3P. The van der Waals surface area contributed by atoms with E-state index < -0.39 is 8.60 Å². The lowest BCUT2D eigenvalue weighted by molar-refractivity contribution is 0.0382. The summed E-state index contributed by atoms with van der Waals surface area (Å²) in [4.78, 5) is 0. The van der Waals surface area contributed by atoms with Crippen molar-refractivity contribution < 1.29 is 13.6 Å². The molecule has 0 aliphatic carbocycles. The molecule has 43 heavy (non-hydrogen) atoms. The number of hydrogen-bond donors (Lipinski definition) is 0. The first-order valence-corrected chi connectivity index (χ1v) is 18.6. The van der Waals surface area contributed by atoms with Gasteiger partial charge >= 0.3 is 8.60 Å². The van der Waals surface area contributed by atoms with Gasteiger partial charge in [0.05, 0.1) is 19.8 Å². The van der Waals surface area contributed by atoms with E-state index in [1.807, 2.05) is 0 Å². The lowest BCUT2D eigenvalue weighted by atomic mass is 9.70. The molecule has 0 aromatic carbocycles. The minimum absolute atomic E-state index is 0.146. The fourth-order valence-electron chi connectivity index (χ4n) is 4.92. The Bertz CT molecular complexity index is 659.